The van der Waals surface area contributed by atoms with E-state index in [9.17, 15) is 20.0 Å². The molecular weight excluding hydrogens is 354 g/mol. The lowest BCUT2D eigenvalue weighted by Crippen LogP contribution is -2.05. The summed E-state index contributed by atoms with van der Waals surface area (Å²) >= 11 is 0. The first-order valence-corrected chi connectivity index (χ1v) is 7.89. The normalized spacial score (nSPS) is 11.9. The molecule has 0 radical (unpaired) electrons. The minimum atomic E-state index is -0.895. The maximum absolute atomic E-state index is 11.8. The first-order valence-electron chi connectivity index (χ1n) is 7.89. The maximum atomic E-state index is 11.8. The number of carbonyl (C=O) groups is 1. The molecule has 0 aliphatic carbocycles. The van der Waals surface area contributed by atoms with Crippen molar-refractivity contribution in [1.29, 1.82) is 0 Å². The highest BCUT2D eigenvalue weighted by atomic mass is 16.9. The van der Waals surface area contributed by atoms with Gasteiger partial charge >= 0.3 is 5.97 Å². The second-order valence-electron chi connectivity index (χ2n) is 5.22. The molecule has 0 bridgehead atoms. The third-order valence-electron chi connectivity index (χ3n) is 3.17. The van der Waals surface area contributed by atoms with Crippen LogP contribution in [0.3, 0.4) is 0 Å². The SMILES string of the molecule is C=C(/C=C(OC)\C(O)=C/C)C/C=C/C(=O)Oc1cccc(CO[N+](=O)[O-])c1. The second kappa shape index (κ2) is 11.1. The van der Waals surface area contributed by atoms with Crippen LogP contribution in [0.5, 0.6) is 5.75 Å². The molecule has 1 N–H and O–H groups in total. The predicted octanol–water partition coefficient (Wildman–Crippen LogP) is 3.79. The average molecular weight is 375 g/mol. The van der Waals surface area contributed by atoms with Gasteiger partial charge in [-0.3, -0.25) is 0 Å². The molecule has 0 atom stereocenters. The summed E-state index contributed by atoms with van der Waals surface area (Å²) in [4.78, 5) is 26.3. The van der Waals surface area contributed by atoms with E-state index in [1.807, 2.05) is 0 Å². The van der Waals surface area contributed by atoms with Crippen LogP contribution in [-0.2, 0) is 21.0 Å². The Morgan fingerprint density at radius 3 is 2.78 bits per heavy atom. The number of rotatable bonds is 10. The summed E-state index contributed by atoms with van der Waals surface area (Å²) in [6, 6.07) is 6.23. The van der Waals surface area contributed by atoms with Crippen LogP contribution in [0, 0.1) is 10.1 Å². The average Bonchev–Trinajstić information content (AvgIpc) is 2.64. The number of aliphatic hydroxyl groups is 1. The van der Waals surface area contributed by atoms with Gasteiger partial charge in [-0.25, -0.2) is 4.79 Å². The van der Waals surface area contributed by atoms with Gasteiger partial charge in [0.05, 0.1) is 7.11 Å². The molecule has 0 amide bonds. The molecule has 1 aromatic carbocycles. The van der Waals surface area contributed by atoms with Crippen LogP contribution >= 0.6 is 0 Å². The van der Waals surface area contributed by atoms with Gasteiger partial charge in [0.1, 0.15) is 12.4 Å². The maximum Gasteiger partial charge on any atom is 0.335 e. The van der Waals surface area contributed by atoms with Gasteiger partial charge in [0, 0.05) is 6.08 Å². The molecule has 8 heteroatoms. The zero-order valence-electron chi connectivity index (χ0n) is 15.1. The van der Waals surface area contributed by atoms with Gasteiger partial charge in [0.2, 0.25) is 0 Å². The van der Waals surface area contributed by atoms with Crippen molar-refractivity contribution in [2.24, 2.45) is 0 Å². The van der Waals surface area contributed by atoms with Gasteiger partial charge in [-0.2, -0.15) is 0 Å². The molecule has 0 aliphatic rings. The lowest BCUT2D eigenvalue weighted by molar-refractivity contribution is -0.763. The van der Waals surface area contributed by atoms with Crippen molar-refractivity contribution in [1.82, 2.24) is 0 Å². The van der Waals surface area contributed by atoms with Crippen molar-refractivity contribution in [3.05, 3.63) is 87.9 Å². The number of benzene rings is 1. The standard InChI is InChI=1S/C19H21NO7/c1-4-17(21)18(25-3)11-14(2)7-5-10-19(22)27-16-9-6-8-15(12-16)13-26-20(23)24/h4-6,8-12,21H,2,7,13H2,1,3H3/b10-5+,17-4+,18-11+. The zero-order valence-corrected chi connectivity index (χ0v) is 15.1. The molecule has 1 aromatic rings. The number of carbonyl (C=O) groups excluding carboxylic acids is 1. The Hall–Kier alpha value is -3.55. The summed E-state index contributed by atoms with van der Waals surface area (Å²) in [5.41, 5.74) is 1.11. The van der Waals surface area contributed by atoms with Gasteiger partial charge in [-0.1, -0.05) is 24.8 Å². The summed E-state index contributed by atoms with van der Waals surface area (Å²) in [7, 11) is 1.43. The molecule has 0 aromatic heterocycles. The van der Waals surface area contributed by atoms with E-state index in [1.54, 1.807) is 37.3 Å². The fraction of sp³-hybridized carbons (Fsp3) is 0.211. The Morgan fingerprint density at radius 2 is 2.15 bits per heavy atom. The summed E-state index contributed by atoms with van der Waals surface area (Å²) < 4.78 is 10.2. The van der Waals surface area contributed by atoms with Crippen molar-refractivity contribution in [3.63, 3.8) is 0 Å². The molecule has 0 aliphatic heterocycles. The number of ether oxygens (including phenoxy) is 2. The van der Waals surface area contributed by atoms with Gasteiger partial charge in [-0.05, 0) is 48.8 Å². The minimum absolute atomic E-state index is 0.0111. The van der Waals surface area contributed by atoms with Crippen molar-refractivity contribution >= 4 is 5.97 Å². The van der Waals surface area contributed by atoms with E-state index in [2.05, 4.69) is 11.4 Å². The number of hydrogen-bond donors (Lipinski definition) is 1. The fourth-order valence-electron chi connectivity index (χ4n) is 1.91. The molecule has 0 fully saturated rings. The highest BCUT2D eigenvalue weighted by Gasteiger charge is 2.04. The van der Waals surface area contributed by atoms with Crippen LogP contribution < -0.4 is 4.74 Å². The quantitative estimate of drug-likeness (QED) is 0.126. The lowest BCUT2D eigenvalue weighted by atomic mass is 10.1. The number of hydrogen-bond acceptors (Lipinski definition) is 7. The van der Waals surface area contributed by atoms with Gasteiger partial charge in [0.25, 0.3) is 5.09 Å². The molecule has 144 valence electrons. The summed E-state index contributed by atoms with van der Waals surface area (Å²) in [5, 5.41) is 18.9. The number of aliphatic hydroxyl groups excluding tert-OH is 1. The molecule has 0 unspecified atom stereocenters. The Balaban J connectivity index is 2.59. The van der Waals surface area contributed by atoms with Crippen molar-refractivity contribution in [2.75, 3.05) is 7.11 Å². The Labute approximate surface area is 156 Å². The molecular formula is C19H21NO7. The van der Waals surface area contributed by atoms with Crippen LogP contribution in [0.4, 0.5) is 0 Å². The second-order valence-corrected chi connectivity index (χ2v) is 5.22. The summed E-state index contributed by atoms with van der Waals surface area (Å²) in [6.45, 7) is 5.25. The largest absolute Gasteiger partial charge is 0.504 e. The van der Waals surface area contributed by atoms with E-state index in [0.717, 1.165) is 0 Å². The highest BCUT2D eigenvalue weighted by molar-refractivity contribution is 5.84. The molecule has 0 heterocycles. The van der Waals surface area contributed by atoms with E-state index in [4.69, 9.17) is 9.47 Å². The number of esters is 1. The lowest BCUT2D eigenvalue weighted by Gasteiger charge is -2.05. The van der Waals surface area contributed by atoms with E-state index >= 15 is 0 Å². The van der Waals surface area contributed by atoms with Gasteiger partial charge in [-0.15, -0.1) is 10.1 Å². The number of methoxy groups -OCH3 is 1. The van der Waals surface area contributed by atoms with Crippen molar-refractivity contribution in [2.45, 2.75) is 20.0 Å². The number of allylic oxidation sites excluding steroid dienone is 4. The molecule has 1 rings (SSSR count). The molecule has 0 saturated carbocycles. The highest BCUT2D eigenvalue weighted by Crippen LogP contribution is 2.15. The van der Waals surface area contributed by atoms with E-state index in [-0.39, 0.29) is 23.9 Å². The third-order valence-corrected chi connectivity index (χ3v) is 3.17. The Morgan fingerprint density at radius 1 is 1.41 bits per heavy atom. The first-order chi connectivity index (χ1) is 12.8. The van der Waals surface area contributed by atoms with E-state index in [1.165, 1.54) is 25.3 Å². The van der Waals surface area contributed by atoms with E-state index in [0.29, 0.717) is 17.6 Å². The van der Waals surface area contributed by atoms with Crippen LogP contribution in [0.1, 0.15) is 18.9 Å². The van der Waals surface area contributed by atoms with Crippen LogP contribution in [0.15, 0.2) is 72.2 Å². The minimum Gasteiger partial charge on any atom is -0.504 e. The van der Waals surface area contributed by atoms with Gasteiger partial charge < -0.3 is 19.4 Å². The Kier molecular flexibility index (Phi) is 8.87. The first kappa shape index (κ1) is 21.5. The summed E-state index contributed by atoms with van der Waals surface area (Å²) in [5.74, 6) is -0.106. The molecule has 8 nitrogen and oxygen atoms in total. The number of nitrogens with zero attached hydrogens (tertiary/aromatic N) is 1. The van der Waals surface area contributed by atoms with Crippen LogP contribution in [-0.4, -0.2) is 23.3 Å². The molecule has 0 saturated heterocycles. The molecule has 27 heavy (non-hydrogen) atoms. The topological polar surface area (TPSA) is 108 Å². The van der Waals surface area contributed by atoms with Gasteiger partial charge in [0.15, 0.2) is 11.5 Å². The smallest absolute Gasteiger partial charge is 0.335 e. The predicted molar refractivity (Wildman–Crippen MR) is 98.2 cm³/mol. The monoisotopic (exact) mass is 375 g/mol. The third kappa shape index (κ3) is 8.39. The summed E-state index contributed by atoms with van der Waals surface area (Å²) in [6.07, 6.45) is 6.18. The Bertz CT molecular complexity index is 778. The zero-order chi connectivity index (χ0) is 20.2. The van der Waals surface area contributed by atoms with Crippen LogP contribution in [0.2, 0.25) is 0 Å². The van der Waals surface area contributed by atoms with Crippen molar-refractivity contribution < 1.29 is 29.3 Å². The fourth-order valence-corrected chi connectivity index (χ4v) is 1.91. The van der Waals surface area contributed by atoms with E-state index < -0.39 is 11.1 Å². The van der Waals surface area contributed by atoms with Crippen LogP contribution in [0.25, 0.3) is 0 Å². The molecule has 0 spiro atoms. The van der Waals surface area contributed by atoms with Crippen molar-refractivity contribution in [3.8, 4) is 5.75 Å².